The van der Waals surface area contributed by atoms with Crippen LogP contribution in [-0.2, 0) is 11.2 Å². The number of nitrogens with zero attached hydrogens (tertiary/aromatic N) is 1. The molecule has 1 fully saturated rings. The van der Waals surface area contributed by atoms with Crippen LogP contribution in [0, 0.1) is 0 Å². The summed E-state index contributed by atoms with van der Waals surface area (Å²) in [5.41, 5.74) is 6.79. The molecule has 0 aliphatic carbocycles. The van der Waals surface area contributed by atoms with Gasteiger partial charge in [0, 0.05) is 18.7 Å². The number of carbonyl (C=O) groups is 1. The first kappa shape index (κ1) is 16.0. The van der Waals surface area contributed by atoms with Crippen LogP contribution in [0.5, 0.6) is 0 Å². The van der Waals surface area contributed by atoms with E-state index in [0.29, 0.717) is 19.6 Å². The minimum absolute atomic E-state index is 0.0683. The number of amides is 1. The molecule has 1 aromatic carbocycles. The molecule has 0 bridgehead atoms. The first-order valence-corrected chi connectivity index (χ1v) is 7.51. The fourth-order valence-electron chi connectivity index (χ4n) is 3.09. The third-order valence-corrected chi connectivity index (χ3v) is 3.62. The molecule has 4 heteroatoms. The Hall–Kier alpha value is -1.39. The summed E-state index contributed by atoms with van der Waals surface area (Å²) in [4.78, 5) is 14.6. The van der Waals surface area contributed by atoms with Gasteiger partial charge in [-0.05, 0) is 58.4 Å². The van der Waals surface area contributed by atoms with E-state index in [2.05, 4.69) is 0 Å². The molecule has 2 rings (SSSR count). The maximum absolute atomic E-state index is 12.7. The summed E-state index contributed by atoms with van der Waals surface area (Å²) in [6.07, 6.45) is 0.839. The molecule has 0 atom stereocenters. The number of benzene rings is 1. The van der Waals surface area contributed by atoms with Gasteiger partial charge in [0.25, 0.3) is 5.91 Å². The summed E-state index contributed by atoms with van der Waals surface area (Å²) < 4.78 is 6.02. The maximum atomic E-state index is 12.7. The second-order valence-electron chi connectivity index (χ2n) is 7.02. The number of hydrogen-bond acceptors (Lipinski definition) is 3. The largest absolute Gasteiger partial charge is 0.366 e. The van der Waals surface area contributed by atoms with Gasteiger partial charge in [0.1, 0.15) is 0 Å². The summed E-state index contributed by atoms with van der Waals surface area (Å²) in [6, 6.07) is 7.75. The van der Waals surface area contributed by atoms with Gasteiger partial charge in [-0.25, -0.2) is 0 Å². The van der Waals surface area contributed by atoms with E-state index in [0.717, 1.165) is 17.5 Å². The Balaban J connectivity index is 2.15. The van der Waals surface area contributed by atoms with Crippen LogP contribution in [0.1, 0.15) is 43.6 Å². The van der Waals surface area contributed by atoms with Gasteiger partial charge in [0.05, 0.1) is 11.2 Å². The Morgan fingerprint density at radius 3 is 2.14 bits per heavy atom. The monoisotopic (exact) mass is 290 g/mol. The van der Waals surface area contributed by atoms with E-state index in [-0.39, 0.29) is 17.1 Å². The molecule has 21 heavy (non-hydrogen) atoms. The van der Waals surface area contributed by atoms with E-state index < -0.39 is 0 Å². The van der Waals surface area contributed by atoms with Crippen molar-refractivity contribution >= 4 is 5.91 Å². The molecular formula is C17H26N2O2. The lowest BCUT2D eigenvalue weighted by Gasteiger charge is -2.47. The van der Waals surface area contributed by atoms with Crippen molar-refractivity contribution in [3.8, 4) is 0 Å². The highest BCUT2D eigenvalue weighted by atomic mass is 16.5. The summed E-state index contributed by atoms with van der Waals surface area (Å²) in [5.74, 6) is 0.0683. The molecule has 1 aromatic rings. The smallest absolute Gasteiger partial charge is 0.254 e. The van der Waals surface area contributed by atoms with Crippen LogP contribution in [0.2, 0.25) is 0 Å². The lowest BCUT2D eigenvalue weighted by molar-refractivity contribution is -0.171. The van der Waals surface area contributed by atoms with Crippen LogP contribution in [-0.4, -0.2) is 41.6 Å². The van der Waals surface area contributed by atoms with Crippen molar-refractivity contribution < 1.29 is 9.53 Å². The van der Waals surface area contributed by atoms with Crippen LogP contribution in [0.25, 0.3) is 0 Å². The zero-order valence-corrected chi connectivity index (χ0v) is 13.5. The molecule has 1 aliphatic rings. The Labute approximate surface area is 127 Å². The van der Waals surface area contributed by atoms with E-state index in [1.54, 1.807) is 0 Å². The lowest BCUT2D eigenvalue weighted by atomic mass is 9.98. The van der Waals surface area contributed by atoms with E-state index in [9.17, 15) is 4.79 Å². The predicted molar refractivity (Wildman–Crippen MR) is 84.3 cm³/mol. The molecular weight excluding hydrogens is 264 g/mol. The van der Waals surface area contributed by atoms with E-state index in [1.165, 1.54) is 0 Å². The van der Waals surface area contributed by atoms with Crippen LogP contribution >= 0.6 is 0 Å². The van der Waals surface area contributed by atoms with Gasteiger partial charge in [-0.3, -0.25) is 4.79 Å². The number of morpholine rings is 1. The Kier molecular flexibility index (Phi) is 4.40. The molecule has 0 radical (unpaired) electrons. The van der Waals surface area contributed by atoms with Crippen molar-refractivity contribution in [1.29, 1.82) is 0 Å². The quantitative estimate of drug-likeness (QED) is 0.928. The van der Waals surface area contributed by atoms with E-state index in [4.69, 9.17) is 10.5 Å². The molecule has 0 spiro atoms. The second-order valence-corrected chi connectivity index (χ2v) is 7.02. The molecule has 4 nitrogen and oxygen atoms in total. The van der Waals surface area contributed by atoms with Crippen LogP contribution in [0.15, 0.2) is 24.3 Å². The van der Waals surface area contributed by atoms with E-state index in [1.807, 2.05) is 56.9 Å². The molecule has 0 aromatic heterocycles. The van der Waals surface area contributed by atoms with Crippen LogP contribution in [0.3, 0.4) is 0 Å². The molecule has 116 valence electrons. The van der Waals surface area contributed by atoms with Gasteiger partial charge >= 0.3 is 0 Å². The minimum Gasteiger partial charge on any atom is -0.366 e. The fraction of sp³-hybridized carbons (Fsp3) is 0.588. The lowest BCUT2D eigenvalue weighted by Crippen LogP contribution is -2.58. The molecule has 0 saturated carbocycles. The summed E-state index contributed by atoms with van der Waals surface area (Å²) in [7, 11) is 0. The van der Waals surface area contributed by atoms with Gasteiger partial charge in [-0.2, -0.15) is 0 Å². The third kappa shape index (κ3) is 4.05. The predicted octanol–water partition coefficient (Wildman–Crippen LogP) is 2.22. The third-order valence-electron chi connectivity index (χ3n) is 3.62. The van der Waals surface area contributed by atoms with Crippen molar-refractivity contribution in [1.82, 2.24) is 4.90 Å². The minimum atomic E-state index is -0.323. The zero-order chi connectivity index (χ0) is 15.7. The maximum Gasteiger partial charge on any atom is 0.254 e. The van der Waals surface area contributed by atoms with Crippen molar-refractivity contribution in [2.45, 2.75) is 45.3 Å². The van der Waals surface area contributed by atoms with Crippen molar-refractivity contribution in [2.24, 2.45) is 5.73 Å². The Morgan fingerprint density at radius 2 is 1.67 bits per heavy atom. The SMILES string of the molecule is CC1(C)CN(C(=O)c2ccc(CCN)cc2)CC(C)(C)O1. The topological polar surface area (TPSA) is 55.6 Å². The average molecular weight is 290 g/mol. The van der Waals surface area contributed by atoms with Gasteiger partial charge in [0.15, 0.2) is 0 Å². The highest BCUT2D eigenvalue weighted by Crippen LogP contribution is 2.29. The molecule has 1 heterocycles. The second kappa shape index (κ2) is 5.78. The van der Waals surface area contributed by atoms with Crippen molar-refractivity contribution in [3.63, 3.8) is 0 Å². The molecule has 1 aliphatic heterocycles. The molecule has 2 N–H and O–H groups in total. The van der Waals surface area contributed by atoms with Crippen LogP contribution < -0.4 is 5.73 Å². The first-order chi connectivity index (χ1) is 9.72. The molecule has 1 amide bonds. The Bertz CT molecular complexity index is 490. The number of nitrogens with two attached hydrogens (primary N) is 1. The number of carbonyl (C=O) groups excluding carboxylic acids is 1. The summed E-state index contributed by atoms with van der Waals surface area (Å²) in [6.45, 7) is 9.95. The zero-order valence-electron chi connectivity index (χ0n) is 13.5. The number of rotatable bonds is 3. The van der Waals surface area contributed by atoms with Crippen molar-refractivity contribution in [2.75, 3.05) is 19.6 Å². The average Bonchev–Trinajstić information content (AvgIpc) is 2.35. The standard InChI is InChI=1S/C17H26N2O2/c1-16(2)11-19(12-17(3,4)21-16)15(20)14-7-5-13(6-8-14)9-10-18/h5-8H,9-12,18H2,1-4H3. The van der Waals surface area contributed by atoms with Gasteiger partial charge in [-0.1, -0.05) is 12.1 Å². The number of hydrogen-bond donors (Lipinski definition) is 1. The van der Waals surface area contributed by atoms with Gasteiger partial charge in [-0.15, -0.1) is 0 Å². The van der Waals surface area contributed by atoms with Crippen molar-refractivity contribution in [3.05, 3.63) is 35.4 Å². The Morgan fingerprint density at radius 1 is 1.14 bits per heavy atom. The van der Waals surface area contributed by atoms with Gasteiger partial charge in [0.2, 0.25) is 0 Å². The molecule has 0 unspecified atom stereocenters. The van der Waals surface area contributed by atoms with E-state index >= 15 is 0 Å². The molecule has 1 saturated heterocycles. The first-order valence-electron chi connectivity index (χ1n) is 7.51. The summed E-state index contributed by atoms with van der Waals surface area (Å²) in [5, 5.41) is 0. The normalized spacial score (nSPS) is 20.3. The fourth-order valence-corrected chi connectivity index (χ4v) is 3.09. The highest BCUT2D eigenvalue weighted by molar-refractivity contribution is 5.94. The number of ether oxygens (including phenoxy) is 1. The highest BCUT2D eigenvalue weighted by Gasteiger charge is 2.40. The summed E-state index contributed by atoms with van der Waals surface area (Å²) >= 11 is 0. The van der Waals surface area contributed by atoms with Gasteiger partial charge < -0.3 is 15.4 Å². The van der Waals surface area contributed by atoms with Crippen LogP contribution in [0.4, 0.5) is 0 Å².